The lowest BCUT2D eigenvalue weighted by Gasteiger charge is -2.30. The van der Waals surface area contributed by atoms with Crippen LogP contribution in [0, 0.1) is 0 Å². The van der Waals surface area contributed by atoms with E-state index in [2.05, 4.69) is 0 Å². The Morgan fingerprint density at radius 2 is 2.09 bits per heavy atom. The zero-order valence-electron chi connectivity index (χ0n) is 12.2. The second-order valence-corrected chi connectivity index (χ2v) is 5.27. The quantitative estimate of drug-likeness (QED) is 0.916. The van der Waals surface area contributed by atoms with Gasteiger partial charge in [0.25, 0.3) is 0 Å². The van der Waals surface area contributed by atoms with Crippen LogP contribution in [-0.4, -0.2) is 54.8 Å². The Hall–Kier alpha value is -2.44. The minimum absolute atomic E-state index is 0.0102. The molecule has 1 aromatic rings. The highest BCUT2D eigenvalue weighted by Gasteiger charge is 2.30. The minimum atomic E-state index is -0.912. The number of carboxylic acid groups (broad SMARTS) is 1. The number of rotatable bonds is 3. The summed E-state index contributed by atoms with van der Waals surface area (Å²) in [6.07, 6.45) is 0.140. The fraction of sp³-hybridized carbons (Fsp3) is 0.467. The van der Waals surface area contributed by atoms with Crippen LogP contribution in [0.25, 0.3) is 0 Å². The Balaban J connectivity index is 1.78. The molecule has 0 atom stereocenters. The second kappa shape index (κ2) is 5.75. The van der Waals surface area contributed by atoms with E-state index in [1.807, 2.05) is 0 Å². The van der Waals surface area contributed by atoms with Gasteiger partial charge in [0.15, 0.2) is 18.1 Å². The molecule has 0 spiro atoms. The fourth-order valence-electron chi connectivity index (χ4n) is 2.73. The van der Waals surface area contributed by atoms with Gasteiger partial charge in [0.05, 0.1) is 12.7 Å². The predicted molar refractivity (Wildman–Crippen MR) is 76.1 cm³/mol. The summed E-state index contributed by atoms with van der Waals surface area (Å²) in [6, 6.07) is 3.36. The van der Waals surface area contributed by atoms with E-state index in [1.165, 1.54) is 12.0 Å². The van der Waals surface area contributed by atoms with Crippen molar-refractivity contribution >= 4 is 11.9 Å². The standard InChI is InChI=1S/C15H17NO6/c1-20-12-3-2-10-11(17)8-21-13(10)14(12)22-9-4-6-16(7-5-9)15(18)19/h2-3,9H,4-8H2,1H3,(H,18,19). The number of hydrogen-bond donors (Lipinski definition) is 1. The summed E-state index contributed by atoms with van der Waals surface area (Å²) < 4.78 is 16.7. The zero-order valence-corrected chi connectivity index (χ0v) is 12.2. The average Bonchev–Trinajstić information content (AvgIpc) is 2.90. The summed E-state index contributed by atoms with van der Waals surface area (Å²) in [5, 5.41) is 8.96. The Bertz CT molecular complexity index is 606. The number of Topliss-reactive ketones (excluding diaryl/α,β-unsaturated/α-hetero) is 1. The van der Waals surface area contributed by atoms with Gasteiger partial charge in [-0.15, -0.1) is 0 Å². The Morgan fingerprint density at radius 3 is 2.73 bits per heavy atom. The molecule has 0 unspecified atom stereocenters. The van der Waals surface area contributed by atoms with Gasteiger partial charge in [-0.3, -0.25) is 4.79 Å². The number of benzene rings is 1. The van der Waals surface area contributed by atoms with Gasteiger partial charge in [0, 0.05) is 25.9 Å². The van der Waals surface area contributed by atoms with E-state index in [1.54, 1.807) is 12.1 Å². The van der Waals surface area contributed by atoms with Crippen molar-refractivity contribution in [1.82, 2.24) is 4.90 Å². The maximum atomic E-state index is 11.7. The van der Waals surface area contributed by atoms with E-state index in [-0.39, 0.29) is 18.5 Å². The van der Waals surface area contributed by atoms with Crippen molar-refractivity contribution in [3.05, 3.63) is 17.7 Å². The van der Waals surface area contributed by atoms with Gasteiger partial charge >= 0.3 is 6.09 Å². The molecule has 2 heterocycles. The fourth-order valence-corrected chi connectivity index (χ4v) is 2.73. The van der Waals surface area contributed by atoms with Gasteiger partial charge < -0.3 is 24.2 Å². The first-order chi connectivity index (χ1) is 10.6. The highest BCUT2D eigenvalue weighted by atomic mass is 16.5. The third-order valence-corrected chi connectivity index (χ3v) is 3.94. The molecule has 2 aliphatic rings. The number of piperidine rings is 1. The lowest BCUT2D eigenvalue weighted by molar-refractivity contribution is 0.0858. The van der Waals surface area contributed by atoms with E-state index in [0.717, 1.165) is 0 Å². The third-order valence-electron chi connectivity index (χ3n) is 3.94. The van der Waals surface area contributed by atoms with E-state index >= 15 is 0 Å². The first-order valence-corrected chi connectivity index (χ1v) is 7.11. The molecular weight excluding hydrogens is 290 g/mol. The third kappa shape index (κ3) is 2.54. The van der Waals surface area contributed by atoms with Crippen molar-refractivity contribution < 1.29 is 28.9 Å². The highest BCUT2D eigenvalue weighted by Crippen LogP contribution is 2.43. The molecule has 0 bridgehead atoms. The number of fused-ring (bicyclic) bond motifs is 1. The van der Waals surface area contributed by atoms with E-state index in [0.29, 0.717) is 48.7 Å². The van der Waals surface area contributed by atoms with E-state index in [4.69, 9.17) is 19.3 Å². The smallest absolute Gasteiger partial charge is 0.407 e. The van der Waals surface area contributed by atoms with Crippen LogP contribution in [-0.2, 0) is 0 Å². The summed E-state index contributed by atoms with van der Waals surface area (Å²) in [5.41, 5.74) is 0.499. The van der Waals surface area contributed by atoms with Crippen LogP contribution in [0.2, 0.25) is 0 Å². The topological polar surface area (TPSA) is 85.3 Å². The Morgan fingerprint density at radius 1 is 1.36 bits per heavy atom. The van der Waals surface area contributed by atoms with Crippen LogP contribution in [0.1, 0.15) is 23.2 Å². The molecule has 118 valence electrons. The monoisotopic (exact) mass is 307 g/mol. The first kappa shape index (κ1) is 14.5. The summed E-state index contributed by atoms with van der Waals surface area (Å²) in [7, 11) is 1.53. The molecule has 1 N–H and O–H groups in total. The molecule has 1 aromatic carbocycles. The van der Waals surface area contributed by atoms with Crippen molar-refractivity contribution in [3.63, 3.8) is 0 Å². The molecule has 3 rings (SSSR count). The van der Waals surface area contributed by atoms with Crippen LogP contribution in [0.5, 0.6) is 17.2 Å². The molecule has 2 aliphatic heterocycles. The van der Waals surface area contributed by atoms with Gasteiger partial charge in [-0.05, 0) is 12.1 Å². The molecule has 22 heavy (non-hydrogen) atoms. The molecule has 1 fully saturated rings. The summed E-state index contributed by atoms with van der Waals surface area (Å²) in [6.45, 7) is 0.866. The largest absolute Gasteiger partial charge is 0.493 e. The average molecular weight is 307 g/mol. The Labute approximate surface area is 127 Å². The molecule has 1 amide bonds. The van der Waals surface area contributed by atoms with Crippen molar-refractivity contribution in [2.24, 2.45) is 0 Å². The van der Waals surface area contributed by atoms with Gasteiger partial charge in [-0.25, -0.2) is 4.79 Å². The van der Waals surface area contributed by atoms with Crippen LogP contribution < -0.4 is 14.2 Å². The number of amides is 1. The SMILES string of the molecule is COc1ccc2c(c1OC1CCN(C(=O)O)CC1)OCC2=O. The van der Waals surface area contributed by atoms with Crippen LogP contribution >= 0.6 is 0 Å². The predicted octanol–water partition coefficient (Wildman–Crippen LogP) is 1.79. The number of likely N-dealkylation sites (tertiary alicyclic amines) is 1. The number of methoxy groups -OCH3 is 1. The molecule has 0 aliphatic carbocycles. The lowest BCUT2D eigenvalue weighted by Crippen LogP contribution is -2.41. The minimum Gasteiger partial charge on any atom is -0.493 e. The molecular formula is C15H17NO6. The highest BCUT2D eigenvalue weighted by molar-refractivity contribution is 6.03. The molecule has 0 aromatic heterocycles. The van der Waals surface area contributed by atoms with Crippen molar-refractivity contribution in [2.75, 3.05) is 26.8 Å². The van der Waals surface area contributed by atoms with Crippen molar-refractivity contribution in [2.45, 2.75) is 18.9 Å². The second-order valence-electron chi connectivity index (χ2n) is 5.27. The summed E-state index contributed by atoms with van der Waals surface area (Å²) in [4.78, 5) is 24.0. The van der Waals surface area contributed by atoms with Gasteiger partial charge in [0.2, 0.25) is 11.5 Å². The maximum absolute atomic E-state index is 11.7. The number of ether oxygens (including phenoxy) is 3. The number of carbonyl (C=O) groups is 2. The van der Waals surface area contributed by atoms with Crippen molar-refractivity contribution in [1.29, 1.82) is 0 Å². The summed E-state index contributed by atoms with van der Waals surface area (Å²) in [5.74, 6) is 1.28. The molecule has 7 heteroatoms. The normalized spacial score (nSPS) is 17.9. The lowest BCUT2D eigenvalue weighted by atomic mass is 10.1. The van der Waals surface area contributed by atoms with Crippen LogP contribution in [0.3, 0.4) is 0 Å². The van der Waals surface area contributed by atoms with E-state index < -0.39 is 6.09 Å². The molecule has 0 saturated carbocycles. The van der Waals surface area contributed by atoms with Gasteiger partial charge in [-0.1, -0.05) is 0 Å². The van der Waals surface area contributed by atoms with Crippen LogP contribution in [0.15, 0.2) is 12.1 Å². The molecule has 1 saturated heterocycles. The van der Waals surface area contributed by atoms with Crippen LogP contribution in [0.4, 0.5) is 4.79 Å². The van der Waals surface area contributed by atoms with Gasteiger partial charge in [-0.2, -0.15) is 0 Å². The molecule has 0 radical (unpaired) electrons. The number of nitrogens with zero attached hydrogens (tertiary/aromatic N) is 1. The number of ketones is 1. The van der Waals surface area contributed by atoms with E-state index in [9.17, 15) is 9.59 Å². The van der Waals surface area contributed by atoms with Gasteiger partial charge in [0.1, 0.15) is 6.10 Å². The first-order valence-electron chi connectivity index (χ1n) is 7.11. The number of carbonyl (C=O) groups excluding carboxylic acids is 1. The Kier molecular flexibility index (Phi) is 3.79. The zero-order chi connectivity index (χ0) is 15.7. The molecule has 7 nitrogen and oxygen atoms in total. The van der Waals surface area contributed by atoms with Crippen molar-refractivity contribution in [3.8, 4) is 17.2 Å². The summed E-state index contributed by atoms with van der Waals surface area (Å²) >= 11 is 0. The number of hydrogen-bond acceptors (Lipinski definition) is 5. The maximum Gasteiger partial charge on any atom is 0.407 e.